The standard InChI is InChI=1S/C29H32ClN5O3/c30-22-11-9-21(10-12-22)28(15-16-28)19-31-26(37)29(13-5-2-6-14-29)38-18-23-17-24(36)35-27(32-23)33-25(34-35)20-7-3-1-4-8-20/h1,3,7,9-12,17H,2,4-6,8,13-16,18-19H2,(H,31,37)(H,32,33,34). The first-order chi connectivity index (χ1) is 18.5. The third-order valence-corrected chi connectivity index (χ3v) is 8.42. The number of carbonyl (C=O) groups is 1. The van der Waals surface area contributed by atoms with Crippen molar-refractivity contribution in [3.8, 4) is 0 Å². The van der Waals surface area contributed by atoms with E-state index in [9.17, 15) is 9.59 Å². The van der Waals surface area contributed by atoms with Gasteiger partial charge in [-0.3, -0.25) is 9.59 Å². The smallest absolute Gasteiger partial charge is 0.275 e. The van der Waals surface area contributed by atoms with Crippen molar-refractivity contribution < 1.29 is 9.53 Å². The number of benzene rings is 1. The molecule has 2 fully saturated rings. The number of hydrogen-bond acceptors (Lipinski definition) is 5. The predicted octanol–water partition coefficient (Wildman–Crippen LogP) is 4.87. The van der Waals surface area contributed by atoms with Crippen LogP contribution in [0.3, 0.4) is 0 Å². The molecule has 9 heteroatoms. The molecular weight excluding hydrogens is 502 g/mol. The average Bonchev–Trinajstić information content (AvgIpc) is 3.61. The van der Waals surface area contributed by atoms with Gasteiger partial charge >= 0.3 is 0 Å². The number of aromatic amines is 1. The van der Waals surface area contributed by atoms with Crippen molar-refractivity contribution in [3.05, 3.63) is 81.0 Å². The van der Waals surface area contributed by atoms with Gasteiger partial charge in [0.15, 0.2) is 5.82 Å². The molecule has 0 bridgehead atoms. The molecule has 8 nitrogen and oxygen atoms in total. The first-order valence-corrected chi connectivity index (χ1v) is 13.9. The van der Waals surface area contributed by atoms with Crippen LogP contribution in [-0.2, 0) is 21.6 Å². The lowest BCUT2D eigenvalue weighted by atomic mass is 9.83. The number of ether oxygens (including phenoxy) is 1. The fourth-order valence-electron chi connectivity index (χ4n) is 5.65. The normalized spacial score (nSPS) is 19.8. The maximum atomic E-state index is 13.6. The summed E-state index contributed by atoms with van der Waals surface area (Å²) in [7, 11) is 0. The van der Waals surface area contributed by atoms with Crippen LogP contribution in [0, 0.1) is 0 Å². The highest BCUT2D eigenvalue weighted by Gasteiger charge is 2.47. The van der Waals surface area contributed by atoms with E-state index in [-0.39, 0.29) is 23.5 Å². The Balaban J connectivity index is 1.17. The van der Waals surface area contributed by atoms with Crippen LogP contribution in [0.5, 0.6) is 0 Å². The number of rotatable bonds is 8. The van der Waals surface area contributed by atoms with E-state index in [4.69, 9.17) is 16.3 Å². The maximum absolute atomic E-state index is 13.6. The van der Waals surface area contributed by atoms with Crippen molar-refractivity contribution in [3.63, 3.8) is 0 Å². The van der Waals surface area contributed by atoms with Gasteiger partial charge in [0.2, 0.25) is 5.78 Å². The Morgan fingerprint density at radius 2 is 1.92 bits per heavy atom. The number of allylic oxidation sites excluding steroid dienone is 4. The summed E-state index contributed by atoms with van der Waals surface area (Å²) in [4.78, 5) is 34.1. The summed E-state index contributed by atoms with van der Waals surface area (Å²) in [5.74, 6) is 0.865. The molecule has 2 heterocycles. The Morgan fingerprint density at radius 1 is 1.13 bits per heavy atom. The largest absolute Gasteiger partial charge is 0.359 e. The molecular formula is C29H32ClN5O3. The van der Waals surface area contributed by atoms with Gasteiger partial charge in [0.05, 0.1) is 6.61 Å². The summed E-state index contributed by atoms with van der Waals surface area (Å²) in [6.45, 7) is 0.698. The molecule has 0 atom stereocenters. The number of carbonyl (C=O) groups excluding carboxylic acids is 1. The molecule has 2 aromatic heterocycles. The monoisotopic (exact) mass is 533 g/mol. The highest BCUT2D eigenvalue weighted by Crippen LogP contribution is 2.48. The van der Waals surface area contributed by atoms with Crippen molar-refractivity contribution in [1.82, 2.24) is 24.9 Å². The van der Waals surface area contributed by atoms with Crippen LogP contribution in [0.2, 0.25) is 5.02 Å². The van der Waals surface area contributed by atoms with Crippen LogP contribution >= 0.6 is 11.6 Å². The highest BCUT2D eigenvalue weighted by atomic mass is 35.5. The molecule has 6 rings (SSSR count). The van der Waals surface area contributed by atoms with Gasteiger partial charge in [-0.25, -0.2) is 0 Å². The Morgan fingerprint density at radius 3 is 2.63 bits per heavy atom. The SMILES string of the molecule is O=C(NCC1(c2ccc(Cl)cc2)CC1)C1(OCc2cc(=O)n3nc(C4=CC=CCC4)nc3[nH]2)CCCCC1. The quantitative estimate of drug-likeness (QED) is 0.430. The molecule has 0 radical (unpaired) electrons. The minimum atomic E-state index is -0.907. The zero-order valence-electron chi connectivity index (χ0n) is 21.3. The predicted molar refractivity (Wildman–Crippen MR) is 146 cm³/mol. The van der Waals surface area contributed by atoms with E-state index >= 15 is 0 Å². The molecule has 38 heavy (non-hydrogen) atoms. The molecule has 3 aliphatic rings. The minimum absolute atomic E-state index is 0.0265. The van der Waals surface area contributed by atoms with E-state index in [1.807, 2.05) is 24.3 Å². The van der Waals surface area contributed by atoms with E-state index < -0.39 is 5.60 Å². The van der Waals surface area contributed by atoms with Crippen LogP contribution in [-0.4, -0.2) is 37.6 Å². The number of hydrogen-bond donors (Lipinski definition) is 2. The number of halogens is 1. The van der Waals surface area contributed by atoms with E-state index in [2.05, 4.69) is 38.6 Å². The Labute approximate surface area is 226 Å². The third kappa shape index (κ3) is 4.95. The van der Waals surface area contributed by atoms with E-state index in [1.165, 1.54) is 16.1 Å². The topological polar surface area (TPSA) is 101 Å². The number of aromatic nitrogens is 4. The molecule has 0 aliphatic heterocycles. The van der Waals surface area contributed by atoms with Gasteiger partial charge in [0.25, 0.3) is 11.5 Å². The lowest BCUT2D eigenvalue weighted by Gasteiger charge is -2.36. The summed E-state index contributed by atoms with van der Waals surface area (Å²) in [6, 6.07) is 9.40. The molecule has 198 valence electrons. The van der Waals surface area contributed by atoms with Crippen molar-refractivity contribution >= 4 is 28.9 Å². The van der Waals surface area contributed by atoms with E-state index in [0.717, 1.165) is 50.5 Å². The van der Waals surface area contributed by atoms with Gasteiger partial charge in [0, 0.05) is 28.7 Å². The fourth-order valence-corrected chi connectivity index (χ4v) is 5.77. The van der Waals surface area contributed by atoms with Gasteiger partial charge in [-0.15, -0.1) is 5.10 Å². The van der Waals surface area contributed by atoms with Gasteiger partial charge in [-0.1, -0.05) is 61.2 Å². The minimum Gasteiger partial charge on any atom is -0.359 e. The Hall–Kier alpha value is -3.23. The first kappa shape index (κ1) is 25.1. The molecule has 0 spiro atoms. The Bertz CT molecular complexity index is 1460. The second-order valence-electron chi connectivity index (χ2n) is 10.8. The molecule has 2 N–H and O–H groups in total. The van der Waals surface area contributed by atoms with Crippen LogP contribution in [0.25, 0.3) is 11.4 Å². The highest BCUT2D eigenvalue weighted by molar-refractivity contribution is 6.30. The van der Waals surface area contributed by atoms with Crippen LogP contribution in [0.15, 0.2) is 53.4 Å². The Kier molecular flexibility index (Phi) is 6.70. The number of nitrogens with zero attached hydrogens (tertiary/aromatic N) is 3. The molecule has 3 aliphatic carbocycles. The summed E-state index contributed by atoms with van der Waals surface area (Å²) in [5, 5.41) is 8.33. The number of amides is 1. The lowest BCUT2D eigenvalue weighted by Crippen LogP contribution is -2.51. The fraction of sp³-hybridized carbons (Fsp3) is 0.448. The van der Waals surface area contributed by atoms with Crippen LogP contribution in [0.4, 0.5) is 0 Å². The van der Waals surface area contributed by atoms with Crippen molar-refractivity contribution in [2.24, 2.45) is 0 Å². The summed E-state index contributed by atoms with van der Waals surface area (Å²) in [6.07, 6.45) is 14.2. The summed E-state index contributed by atoms with van der Waals surface area (Å²) in [5.41, 5.74) is 1.59. The van der Waals surface area contributed by atoms with Crippen LogP contribution in [0.1, 0.15) is 74.9 Å². The van der Waals surface area contributed by atoms with Gasteiger partial charge in [0.1, 0.15) is 5.60 Å². The third-order valence-electron chi connectivity index (χ3n) is 8.16. The maximum Gasteiger partial charge on any atom is 0.275 e. The zero-order valence-corrected chi connectivity index (χ0v) is 22.1. The number of nitrogens with one attached hydrogen (secondary N) is 2. The molecule has 2 saturated carbocycles. The van der Waals surface area contributed by atoms with Gasteiger partial charge in [-0.05, 0) is 61.8 Å². The first-order valence-electron chi connectivity index (χ1n) is 13.5. The van der Waals surface area contributed by atoms with E-state index in [0.29, 0.717) is 41.7 Å². The average molecular weight is 534 g/mol. The number of H-pyrrole nitrogens is 1. The number of fused-ring (bicyclic) bond motifs is 1. The van der Waals surface area contributed by atoms with Crippen molar-refractivity contribution in [2.75, 3.05) is 6.54 Å². The van der Waals surface area contributed by atoms with Crippen molar-refractivity contribution in [1.29, 1.82) is 0 Å². The van der Waals surface area contributed by atoms with Crippen LogP contribution < -0.4 is 10.9 Å². The second kappa shape index (κ2) is 10.2. The van der Waals surface area contributed by atoms with Crippen molar-refractivity contribution in [2.45, 2.75) is 75.4 Å². The van der Waals surface area contributed by atoms with Gasteiger partial charge < -0.3 is 15.0 Å². The second-order valence-corrected chi connectivity index (χ2v) is 11.2. The summed E-state index contributed by atoms with van der Waals surface area (Å²) >= 11 is 6.07. The molecule has 1 aromatic carbocycles. The van der Waals surface area contributed by atoms with E-state index in [1.54, 1.807) is 0 Å². The zero-order chi connectivity index (χ0) is 26.2. The molecule has 3 aromatic rings. The molecule has 1 amide bonds. The lowest BCUT2D eigenvalue weighted by molar-refractivity contribution is -0.154. The molecule has 0 unspecified atom stereocenters. The molecule has 0 saturated heterocycles. The summed E-state index contributed by atoms with van der Waals surface area (Å²) < 4.78 is 7.66. The van der Waals surface area contributed by atoms with Gasteiger partial charge in [-0.2, -0.15) is 9.50 Å².